The maximum absolute atomic E-state index is 11.7. The topological polar surface area (TPSA) is 57.8 Å². The van der Waals surface area contributed by atoms with Crippen LogP contribution < -0.4 is 10.9 Å². The Labute approximate surface area is 107 Å². The van der Waals surface area contributed by atoms with E-state index in [4.69, 9.17) is 0 Å². The van der Waals surface area contributed by atoms with Crippen LogP contribution in [0.5, 0.6) is 0 Å². The van der Waals surface area contributed by atoms with Gasteiger partial charge in [-0.05, 0) is 19.2 Å². The normalized spacial score (nSPS) is 10.5. The van der Waals surface area contributed by atoms with Gasteiger partial charge in [-0.25, -0.2) is 4.98 Å². The molecule has 0 aliphatic rings. The van der Waals surface area contributed by atoms with Gasteiger partial charge in [-0.2, -0.15) is 0 Å². The summed E-state index contributed by atoms with van der Waals surface area (Å²) in [6.07, 6.45) is 1.60. The van der Waals surface area contributed by atoms with E-state index in [1.165, 1.54) is 0 Å². The second-order valence-corrected chi connectivity index (χ2v) is 4.54. The predicted octanol–water partition coefficient (Wildman–Crippen LogP) is 1.92. The van der Waals surface area contributed by atoms with E-state index in [9.17, 15) is 4.79 Å². The molecule has 0 radical (unpaired) electrons. The number of benzene rings is 1. The highest BCUT2D eigenvalue weighted by atomic mass is 79.9. The summed E-state index contributed by atoms with van der Waals surface area (Å²) in [6.45, 7) is 0.515. The number of nitrogens with zero attached hydrogens (tertiary/aromatic N) is 1. The Balaban J connectivity index is 2.41. The summed E-state index contributed by atoms with van der Waals surface area (Å²) in [4.78, 5) is 18.8. The van der Waals surface area contributed by atoms with E-state index >= 15 is 0 Å². The van der Waals surface area contributed by atoms with Crippen LogP contribution in [0.1, 0.15) is 5.56 Å². The summed E-state index contributed by atoms with van der Waals surface area (Å²) in [7, 11) is 1.79. The first-order valence-corrected chi connectivity index (χ1v) is 5.99. The zero-order valence-corrected chi connectivity index (χ0v) is 10.9. The van der Waals surface area contributed by atoms with Crippen LogP contribution >= 0.6 is 15.9 Å². The van der Waals surface area contributed by atoms with Gasteiger partial charge in [0.1, 0.15) is 5.82 Å². The molecule has 0 amide bonds. The molecular weight excluding hydrogens is 282 g/mol. The number of aromatic amines is 1. The van der Waals surface area contributed by atoms with Crippen molar-refractivity contribution in [3.8, 4) is 11.4 Å². The van der Waals surface area contributed by atoms with Crippen molar-refractivity contribution in [3.63, 3.8) is 0 Å². The number of rotatable bonds is 3. The van der Waals surface area contributed by atoms with E-state index in [0.717, 1.165) is 10.0 Å². The quantitative estimate of drug-likeness (QED) is 0.909. The van der Waals surface area contributed by atoms with Gasteiger partial charge in [-0.15, -0.1) is 0 Å². The highest BCUT2D eigenvalue weighted by Gasteiger charge is 2.04. The molecule has 2 N–H and O–H groups in total. The number of halogens is 1. The molecule has 1 heterocycles. The molecule has 1 aromatic heterocycles. The van der Waals surface area contributed by atoms with Gasteiger partial charge in [-0.1, -0.05) is 28.1 Å². The van der Waals surface area contributed by atoms with Crippen LogP contribution in [-0.2, 0) is 6.54 Å². The first-order chi connectivity index (χ1) is 8.20. The summed E-state index contributed by atoms with van der Waals surface area (Å²) < 4.78 is 0.956. The van der Waals surface area contributed by atoms with Gasteiger partial charge in [-0.3, -0.25) is 4.79 Å². The first-order valence-electron chi connectivity index (χ1n) is 5.19. The van der Waals surface area contributed by atoms with Crippen LogP contribution in [0, 0.1) is 0 Å². The smallest absolute Gasteiger partial charge is 0.255 e. The molecule has 0 atom stereocenters. The minimum absolute atomic E-state index is 0.107. The lowest BCUT2D eigenvalue weighted by Crippen LogP contribution is -2.19. The SMILES string of the molecule is CNCc1cnc(-c2cccc(Br)c2)[nH]c1=O. The van der Waals surface area contributed by atoms with Crippen molar-refractivity contribution < 1.29 is 0 Å². The molecule has 4 nitrogen and oxygen atoms in total. The zero-order chi connectivity index (χ0) is 12.3. The van der Waals surface area contributed by atoms with Crippen molar-refractivity contribution >= 4 is 15.9 Å². The molecular formula is C12H12BrN3O. The standard InChI is InChI=1S/C12H12BrN3O/c1-14-6-9-7-15-11(16-12(9)17)8-3-2-4-10(13)5-8/h2-5,7,14H,6H2,1H3,(H,15,16,17). The van der Waals surface area contributed by atoms with Gasteiger partial charge in [0.15, 0.2) is 0 Å². The molecule has 0 bridgehead atoms. The van der Waals surface area contributed by atoms with E-state index in [2.05, 4.69) is 31.2 Å². The molecule has 5 heteroatoms. The Kier molecular flexibility index (Phi) is 3.71. The Morgan fingerprint density at radius 3 is 2.94 bits per heavy atom. The van der Waals surface area contributed by atoms with Crippen molar-refractivity contribution in [1.82, 2.24) is 15.3 Å². The summed E-state index contributed by atoms with van der Waals surface area (Å²) in [5.41, 5.74) is 1.41. The third-order valence-electron chi connectivity index (χ3n) is 2.34. The summed E-state index contributed by atoms with van der Waals surface area (Å²) in [5.74, 6) is 0.580. The molecule has 88 valence electrons. The fraction of sp³-hybridized carbons (Fsp3) is 0.167. The highest BCUT2D eigenvalue weighted by molar-refractivity contribution is 9.10. The second-order valence-electron chi connectivity index (χ2n) is 3.63. The molecule has 0 unspecified atom stereocenters. The minimum Gasteiger partial charge on any atom is -0.315 e. The molecule has 0 spiro atoms. The highest BCUT2D eigenvalue weighted by Crippen LogP contribution is 2.18. The van der Waals surface area contributed by atoms with E-state index < -0.39 is 0 Å². The predicted molar refractivity (Wildman–Crippen MR) is 70.8 cm³/mol. The van der Waals surface area contributed by atoms with Crippen LogP contribution in [0.4, 0.5) is 0 Å². The van der Waals surface area contributed by atoms with Crippen molar-refractivity contribution in [2.75, 3.05) is 7.05 Å². The lowest BCUT2D eigenvalue weighted by atomic mass is 10.2. The van der Waals surface area contributed by atoms with Crippen LogP contribution in [-0.4, -0.2) is 17.0 Å². The molecule has 2 aromatic rings. The van der Waals surface area contributed by atoms with Gasteiger partial charge in [0, 0.05) is 28.3 Å². The van der Waals surface area contributed by atoms with E-state index in [-0.39, 0.29) is 5.56 Å². The molecule has 0 saturated heterocycles. The molecule has 1 aromatic carbocycles. The fourth-order valence-electron chi connectivity index (χ4n) is 1.52. The number of nitrogens with one attached hydrogen (secondary N) is 2. The molecule has 17 heavy (non-hydrogen) atoms. The molecule has 0 saturated carbocycles. The van der Waals surface area contributed by atoms with E-state index in [0.29, 0.717) is 17.9 Å². The van der Waals surface area contributed by atoms with Gasteiger partial charge < -0.3 is 10.3 Å². The molecule has 0 aliphatic heterocycles. The van der Waals surface area contributed by atoms with Crippen molar-refractivity contribution in [2.45, 2.75) is 6.54 Å². The zero-order valence-electron chi connectivity index (χ0n) is 9.33. The van der Waals surface area contributed by atoms with Crippen LogP contribution in [0.3, 0.4) is 0 Å². The maximum atomic E-state index is 11.7. The Morgan fingerprint density at radius 2 is 2.29 bits per heavy atom. The Morgan fingerprint density at radius 1 is 1.47 bits per heavy atom. The fourth-order valence-corrected chi connectivity index (χ4v) is 1.92. The maximum Gasteiger partial charge on any atom is 0.255 e. The largest absolute Gasteiger partial charge is 0.315 e. The van der Waals surface area contributed by atoms with Gasteiger partial charge in [0.25, 0.3) is 5.56 Å². The van der Waals surface area contributed by atoms with Gasteiger partial charge in [0.05, 0.1) is 0 Å². The number of aromatic nitrogens is 2. The molecule has 0 fully saturated rings. The van der Waals surface area contributed by atoms with Gasteiger partial charge >= 0.3 is 0 Å². The van der Waals surface area contributed by atoms with Crippen LogP contribution in [0.2, 0.25) is 0 Å². The van der Waals surface area contributed by atoms with Crippen LogP contribution in [0.15, 0.2) is 39.7 Å². The van der Waals surface area contributed by atoms with Gasteiger partial charge in [0.2, 0.25) is 0 Å². The minimum atomic E-state index is -0.107. The Hall–Kier alpha value is -1.46. The molecule has 2 rings (SSSR count). The molecule has 0 aliphatic carbocycles. The average Bonchev–Trinajstić information content (AvgIpc) is 2.32. The lowest BCUT2D eigenvalue weighted by Gasteiger charge is -2.03. The Bertz CT molecular complexity index is 580. The summed E-state index contributed by atoms with van der Waals surface area (Å²) in [5, 5.41) is 2.93. The van der Waals surface area contributed by atoms with E-state index in [1.807, 2.05) is 24.3 Å². The number of hydrogen-bond donors (Lipinski definition) is 2. The lowest BCUT2D eigenvalue weighted by molar-refractivity contribution is 0.798. The average molecular weight is 294 g/mol. The summed E-state index contributed by atoms with van der Waals surface area (Å²) >= 11 is 3.39. The van der Waals surface area contributed by atoms with Crippen molar-refractivity contribution in [3.05, 3.63) is 50.9 Å². The summed E-state index contributed by atoms with van der Waals surface area (Å²) in [6, 6.07) is 7.65. The second kappa shape index (κ2) is 5.25. The van der Waals surface area contributed by atoms with Crippen LogP contribution in [0.25, 0.3) is 11.4 Å². The van der Waals surface area contributed by atoms with Crippen molar-refractivity contribution in [2.24, 2.45) is 0 Å². The first kappa shape index (κ1) is 12.0. The number of hydrogen-bond acceptors (Lipinski definition) is 3. The number of H-pyrrole nitrogens is 1. The monoisotopic (exact) mass is 293 g/mol. The van der Waals surface area contributed by atoms with Crippen molar-refractivity contribution in [1.29, 1.82) is 0 Å². The van der Waals surface area contributed by atoms with E-state index in [1.54, 1.807) is 13.2 Å². The third kappa shape index (κ3) is 2.81. The third-order valence-corrected chi connectivity index (χ3v) is 2.83.